The summed E-state index contributed by atoms with van der Waals surface area (Å²) in [6.07, 6.45) is 0. The van der Waals surface area contributed by atoms with E-state index < -0.39 is 0 Å². The predicted molar refractivity (Wildman–Crippen MR) is 61.8 cm³/mol. The van der Waals surface area contributed by atoms with Crippen molar-refractivity contribution in [1.29, 1.82) is 0 Å². The zero-order valence-electron chi connectivity index (χ0n) is 8.25. The van der Waals surface area contributed by atoms with Crippen molar-refractivity contribution in [1.82, 2.24) is 4.98 Å². The molecule has 2 aromatic rings. The second-order valence-corrected chi connectivity index (χ2v) is 4.08. The molecule has 0 aliphatic heterocycles. The van der Waals surface area contributed by atoms with Crippen molar-refractivity contribution in [3.63, 3.8) is 0 Å². The Hall–Kier alpha value is -1.55. The molecule has 0 bridgehead atoms. The van der Waals surface area contributed by atoms with E-state index in [9.17, 15) is 4.91 Å². The van der Waals surface area contributed by atoms with Gasteiger partial charge in [-0.25, -0.2) is 4.98 Å². The van der Waals surface area contributed by atoms with Gasteiger partial charge in [0.2, 0.25) is 0 Å². The van der Waals surface area contributed by atoms with E-state index in [2.05, 4.69) is 10.2 Å². The lowest BCUT2D eigenvalue weighted by atomic mass is 10.2. The zero-order valence-corrected chi connectivity index (χ0v) is 9.07. The van der Waals surface area contributed by atoms with E-state index in [1.807, 2.05) is 35.7 Å². The van der Waals surface area contributed by atoms with Crippen LogP contribution in [0.15, 0.2) is 40.9 Å². The summed E-state index contributed by atoms with van der Waals surface area (Å²) in [4.78, 5) is 14.7. The Balaban J connectivity index is 2.32. The van der Waals surface area contributed by atoms with Gasteiger partial charge in [-0.05, 0) is 6.92 Å². The number of thiazole rings is 1. The molecule has 0 aliphatic carbocycles. The van der Waals surface area contributed by atoms with Crippen LogP contribution >= 0.6 is 11.3 Å². The Morgan fingerprint density at radius 3 is 2.73 bits per heavy atom. The van der Waals surface area contributed by atoms with Crippen molar-refractivity contribution in [2.24, 2.45) is 5.18 Å². The molecule has 0 spiro atoms. The minimum atomic E-state index is -0.362. The van der Waals surface area contributed by atoms with Crippen molar-refractivity contribution < 1.29 is 0 Å². The van der Waals surface area contributed by atoms with E-state index in [0.29, 0.717) is 0 Å². The van der Waals surface area contributed by atoms with Gasteiger partial charge in [-0.1, -0.05) is 35.5 Å². The summed E-state index contributed by atoms with van der Waals surface area (Å²) in [6.45, 7) is 1.75. The van der Waals surface area contributed by atoms with Crippen molar-refractivity contribution in [3.05, 3.63) is 46.3 Å². The quantitative estimate of drug-likeness (QED) is 0.738. The fourth-order valence-corrected chi connectivity index (χ4v) is 2.16. The highest BCUT2D eigenvalue weighted by atomic mass is 32.1. The van der Waals surface area contributed by atoms with E-state index in [1.165, 1.54) is 11.3 Å². The third-order valence-electron chi connectivity index (χ3n) is 2.13. The lowest BCUT2D eigenvalue weighted by Crippen LogP contribution is -1.88. The number of hydrogen-bond acceptors (Lipinski definition) is 4. The highest BCUT2D eigenvalue weighted by molar-refractivity contribution is 7.13. The molecule has 0 radical (unpaired) electrons. The Morgan fingerprint density at radius 2 is 2.07 bits per heavy atom. The monoisotopic (exact) mass is 218 g/mol. The minimum Gasteiger partial charge on any atom is -0.239 e. The summed E-state index contributed by atoms with van der Waals surface area (Å²) >= 11 is 1.54. The molecule has 0 saturated carbocycles. The van der Waals surface area contributed by atoms with Crippen LogP contribution in [0.2, 0.25) is 0 Å². The van der Waals surface area contributed by atoms with Crippen LogP contribution in [0.3, 0.4) is 0 Å². The van der Waals surface area contributed by atoms with Crippen LogP contribution < -0.4 is 0 Å². The first-order valence-corrected chi connectivity index (χ1v) is 5.52. The summed E-state index contributed by atoms with van der Waals surface area (Å²) in [5.74, 6) is 0. The minimum absolute atomic E-state index is 0.362. The first-order chi connectivity index (χ1) is 7.31. The molecule has 0 amide bonds. The number of rotatable bonds is 3. The van der Waals surface area contributed by atoms with Crippen molar-refractivity contribution >= 4 is 11.3 Å². The van der Waals surface area contributed by atoms with E-state index in [0.717, 1.165) is 16.3 Å². The van der Waals surface area contributed by atoms with E-state index in [4.69, 9.17) is 0 Å². The van der Waals surface area contributed by atoms with Crippen LogP contribution in [0.4, 0.5) is 0 Å². The van der Waals surface area contributed by atoms with Gasteiger partial charge in [0.1, 0.15) is 11.0 Å². The molecule has 0 saturated heterocycles. The third kappa shape index (κ3) is 2.10. The molecule has 3 nitrogen and oxygen atoms in total. The molecular weight excluding hydrogens is 208 g/mol. The van der Waals surface area contributed by atoms with Crippen LogP contribution in [-0.4, -0.2) is 4.98 Å². The molecule has 1 unspecified atom stereocenters. The van der Waals surface area contributed by atoms with Crippen LogP contribution in [0.5, 0.6) is 0 Å². The van der Waals surface area contributed by atoms with Gasteiger partial charge in [-0.15, -0.1) is 11.3 Å². The number of benzene rings is 1. The Kier molecular flexibility index (Phi) is 2.87. The van der Waals surface area contributed by atoms with Gasteiger partial charge in [-0.3, -0.25) is 0 Å². The molecule has 15 heavy (non-hydrogen) atoms. The molecule has 0 aliphatic rings. The van der Waals surface area contributed by atoms with Gasteiger partial charge in [0.15, 0.2) is 0 Å². The van der Waals surface area contributed by atoms with Crippen LogP contribution in [0.25, 0.3) is 10.6 Å². The fraction of sp³-hybridized carbons (Fsp3) is 0.182. The standard InChI is InChI=1S/C11H10N2OS/c1-8(13-14)10-7-15-11(12-10)9-5-3-2-4-6-9/h2-8H,1H3. The van der Waals surface area contributed by atoms with Gasteiger partial charge >= 0.3 is 0 Å². The van der Waals surface area contributed by atoms with E-state index in [-0.39, 0.29) is 6.04 Å². The number of nitroso groups, excluding NO2 is 1. The fourth-order valence-electron chi connectivity index (χ4n) is 1.25. The zero-order chi connectivity index (χ0) is 10.7. The Bertz CT molecular complexity index is 453. The maximum absolute atomic E-state index is 10.4. The highest BCUT2D eigenvalue weighted by Crippen LogP contribution is 2.26. The maximum Gasteiger partial charge on any atom is 0.132 e. The largest absolute Gasteiger partial charge is 0.239 e. The Morgan fingerprint density at radius 1 is 1.33 bits per heavy atom. The van der Waals surface area contributed by atoms with E-state index >= 15 is 0 Å². The van der Waals surface area contributed by atoms with Gasteiger partial charge in [0.05, 0.1) is 5.69 Å². The summed E-state index contributed by atoms with van der Waals surface area (Å²) < 4.78 is 0. The first kappa shape index (κ1) is 9.98. The van der Waals surface area contributed by atoms with Gasteiger partial charge in [-0.2, -0.15) is 4.91 Å². The highest BCUT2D eigenvalue weighted by Gasteiger charge is 2.10. The maximum atomic E-state index is 10.4. The average molecular weight is 218 g/mol. The van der Waals surface area contributed by atoms with Crippen LogP contribution in [0.1, 0.15) is 18.7 Å². The summed E-state index contributed by atoms with van der Waals surface area (Å²) in [6, 6.07) is 9.55. The van der Waals surface area contributed by atoms with Crippen molar-refractivity contribution in [2.45, 2.75) is 13.0 Å². The average Bonchev–Trinajstić information content (AvgIpc) is 2.78. The summed E-state index contributed by atoms with van der Waals surface area (Å²) in [5.41, 5.74) is 1.82. The van der Waals surface area contributed by atoms with Gasteiger partial charge < -0.3 is 0 Å². The lowest BCUT2D eigenvalue weighted by Gasteiger charge is -1.96. The molecule has 0 fully saturated rings. The van der Waals surface area contributed by atoms with Gasteiger partial charge in [0.25, 0.3) is 0 Å². The second kappa shape index (κ2) is 4.31. The molecule has 1 aromatic heterocycles. The first-order valence-electron chi connectivity index (χ1n) is 4.64. The number of aromatic nitrogens is 1. The normalized spacial score (nSPS) is 12.3. The van der Waals surface area contributed by atoms with Crippen molar-refractivity contribution in [2.75, 3.05) is 0 Å². The van der Waals surface area contributed by atoms with Crippen molar-refractivity contribution in [3.8, 4) is 10.6 Å². The lowest BCUT2D eigenvalue weighted by molar-refractivity contribution is 0.785. The van der Waals surface area contributed by atoms with Crippen LogP contribution in [0, 0.1) is 4.91 Å². The predicted octanol–water partition coefficient (Wildman–Crippen LogP) is 3.64. The molecule has 2 rings (SSSR count). The van der Waals surface area contributed by atoms with Gasteiger partial charge in [0, 0.05) is 10.9 Å². The summed E-state index contributed by atoms with van der Waals surface area (Å²) in [5, 5.41) is 5.77. The molecule has 1 atom stereocenters. The molecule has 0 N–H and O–H groups in total. The van der Waals surface area contributed by atoms with E-state index in [1.54, 1.807) is 6.92 Å². The number of hydrogen-bond donors (Lipinski definition) is 0. The number of nitrogens with zero attached hydrogens (tertiary/aromatic N) is 2. The molecule has 76 valence electrons. The Labute approximate surface area is 91.8 Å². The molecular formula is C11H10N2OS. The SMILES string of the molecule is CC(N=O)c1csc(-c2ccccc2)n1. The second-order valence-electron chi connectivity index (χ2n) is 3.22. The topological polar surface area (TPSA) is 42.3 Å². The molecule has 1 heterocycles. The van der Waals surface area contributed by atoms with Crippen LogP contribution in [-0.2, 0) is 0 Å². The summed E-state index contributed by atoms with van der Waals surface area (Å²) in [7, 11) is 0. The molecule has 1 aromatic carbocycles. The third-order valence-corrected chi connectivity index (χ3v) is 3.04. The smallest absolute Gasteiger partial charge is 0.132 e. The molecule has 4 heteroatoms.